The number of benzene rings is 2. The van der Waals surface area contributed by atoms with Crippen molar-refractivity contribution < 1.29 is 4.79 Å². The lowest BCUT2D eigenvalue weighted by atomic mass is 10.2. The van der Waals surface area contributed by atoms with Crippen LogP contribution in [0.1, 0.15) is 5.56 Å². The van der Waals surface area contributed by atoms with Crippen LogP contribution in [0.15, 0.2) is 46.8 Å². The van der Waals surface area contributed by atoms with Gasteiger partial charge in [0.15, 0.2) is 9.47 Å². The number of anilines is 1. The van der Waals surface area contributed by atoms with E-state index < -0.39 is 0 Å². The largest absolute Gasteiger partial charge is 0.301 e. The first kappa shape index (κ1) is 15.6. The number of nitrogens with zero attached hydrogens (tertiary/aromatic N) is 2. The first-order chi connectivity index (χ1) is 11.7. The van der Waals surface area contributed by atoms with Crippen LogP contribution in [0.4, 0.5) is 5.13 Å². The van der Waals surface area contributed by atoms with Crippen molar-refractivity contribution >= 4 is 65.9 Å². The predicted octanol–water partition coefficient (Wildman–Crippen LogP) is 4.95. The molecule has 2 heterocycles. The molecule has 0 aliphatic heterocycles. The van der Waals surface area contributed by atoms with Gasteiger partial charge >= 0.3 is 0 Å². The number of carbonyl (C=O) groups is 1. The highest BCUT2D eigenvalue weighted by molar-refractivity contribution is 8.01. The molecule has 1 amide bonds. The van der Waals surface area contributed by atoms with Gasteiger partial charge in [-0.3, -0.25) is 4.79 Å². The molecule has 0 saturated carbocycles. The minimum absolute atomic E-state index is 0.0602. The number of rotatable bonds is 4. The molecule has 0 unspecified atom stereocenters. The molecule has 1 N–H and O–H groups in total. The number of carbonyl (C=O) groups excluding carboxylic acids is 1. The summed E-state index contributed by atoms with van der Waals surface area (Å²) in [5.41, 5.74) is 3.09. The number of nitrogens with one attached hydrogen (secondary N) is 1. The lowest BCUT2D eigenvalue weighted by Gasteiger charge is -1.99. The van der Waals surface area contributed by atoms with Gasteiger partial charge in [0.25, 0.3) is 0 Å². The molecule has 0 bridgehead atoms. The maximum atomic E-state index is 12.2. The van der Waals surface area contributed by atoms with Crippen LogP contribution in [0.25, 0.3) is 20.4 Å². The van der Waals surface area contributed by atoms with Crippen LogP contribution in [-0.4, -0.2) is 21.6 Å². The van der Waals surface area contributed by atoms with Gasteiger partial charge in [0.05, 0.1) is 26.2 Å². The van der Waals surface area contributed by atoms with E-state index in [1.165, 1.54) is 28.7 Å². The number of thioether (sulfide) groups is 1. The van der Waals surface area contributed by atoms with Gasteiger partial charge in [0.2, 0.25) is 5.91 Å². The summed E-state index contributed by atoms with van der Waals surface area (Å²) in [5.74, 6) is 0.268. The molecule has 0 fully saturated rings. The van der Waals surface area contributed by atoms with Gasteiger partial charge in [0.1, 0.15) is 0 Å². The predicted molar refractivity (Wildman–Crippen MR) is 103 cm³/mol. The summed E-state index contributed by atoms with van der Waals surface area (Å²) < 4.78 is 3.14. The summed E-state index contributed by atoms with van der Waals surface area (Å²) in [6, 6.07) is 14.1. The number of para-hydroxylation sites is 1. The summed E-state index contributed by atoms with van der Waals surface area (Å²) >= 11 is 4.56. The van der Waals surface area contributed by atoms with Crippen molar-refractivity contribution in [3.05, 3.63) is 48.0 Å². The van der Waals surface area contributed by atoms with Gasteiger partial charge in [-0.25, -0.2) is 9.97 Å². The zero-order chi connectivity index (χ0) is 16.5. The molecule has 0 aliphatic carbocycles. The first-order valence-corrected chi connectivity index (χ1v) is 9.95. The molecule has 4 nitrogen and oxygen atoms in total. The molecule has 0 saturated heterocycles. The number of thiazole rings is 2. The Kier molecular flexibility index (Phi) is 4.22. The Morgan fingerprint density at radius 3 is 2.79 bits per heavy atom. The number of amides is 1. The molecule has 0 spiro atoms. The van der Waals surface area contributed by atoms with E-state index >= 15 is 0 Å². The number of hydrogen-bond donors (Lipinski definition) is 1. The Morgan fingerprint density at radius 2 is 1.92 bits per heavy atom. The van der Waals surface area contributed by atoms with Crippen LogP contribution in [0.5, 0.6) is 0 Å². The van der Waals surface area contributed by atoms with Crippen molar-refractivity contribution in [1.82, 2.24) is 9.97 Å². The molecule has 24 heavy (non-hydrogen) atoms. The quantitative estimate of drug-likeness (QED) is 0.516. The summed E-state index contributed by atoms with van der Waals surface area (Å²) in [6.45, 7) is 2.05. The van der Waals surface area contributed by atoms with Crippen LogP contribution in [0.3, 0.4) is 0 Å². The van der Waals surface area contributed by atoms with E-state index in [4.69, 9.17) is 0 Å². The maximum Gasteiger partial charge on any atom is 0.236 e. The van der Waals surface area contributed by atoms with E-state index in [1.807, 2.05) is 43.3 Å². The standard InChI is InChI=1S/C17H13N3OS3/c1-10-6-7-12-14(8-10)23-16(18-12)20-15(21)9-22-17-19-11-4-2-3-5-13(11)24-17/h2-8H,9H2,1H3,(H,18,20,21). The normalized spacial score (nSPS) is 11.2. The van der Waals surface area contributed by atoms with Crippen molar-refractivity contribution in [1.29, 1.82) is 0 Å². The number of fused-ring (bicyclic) bond motifs is 2. The fourth-order valence-electron chi connectivity index (χ4n) is 2.28. The van der Waals surface area contributed by atoms with E-state index in [-0.39, 0.29) is 5.91 Å². The summed E-state index contributed by atoms with van der Waals surface area (Å²) in [6.07, 6.45) is 0. The average molecular weight is 372 g/mol. The molecule has 0 radical (unpaired) electrons. The zero-order valence-electron chi connectivity index (χ0n) is 12.8. The Balaban J connectivity index is 1.42. The second-order valence-corrected chi connectivity index (χ2v) is 8.56. The van der Waals surface area contributed by atoms with E-state index in [1.54, 1.807) is 11.3 Å². The highest BCUT2D eigenvalue weighted by Crippen LogP contribution is 2.30. The van der Waals surface area contributed by atoms with Crippen molar-refractivity contribution in [2.75, 3.05) is 11.1 Å². The fourth-order valence-corrected chi connectivity index (χ4v) is 5.13. The van der Waals surface area contributed by atoms with Gasteiger partial charge in [-0.05, 0) is 36.8 Å². The van der Waals surface area contributed by atoms with Gasteiger partial charge in [-0.2, -0.15) is 0 Å². The lowest BCUT2D eigenvalue weighted by Crippen LogP contribution is -2.13. The fraction of sp³-hybridized carbons (Fsp3) is 0.118. The number of aromatic nitrogens is 2. The maximum absolute atomic E-state index is 12.2. The number of hydrogen-bond acceptors (Lipinski definition) is 6. The highest BCUT2D eigenvalue weighted by Gasteiger charge is 2.10. The SMILES string of the molecule is Cc1ccc2nc(NC(=O)CSc3nc4ccccc4s3)sc2c1. The minimum Gasteiger partial charge on any atom is -0.301 e. The molecule has 2 aromatic heterocycles. The van der Waals surface area contributed by atoms with Gasteiger partial charge in [-0.15, -0.1) is 11.3 Å². The third kappa shape index (κ3) is 3.28. The van der Waals surface area contributed by atoms with Crippen molar-refractivity contribution in [2.24, 2.45) is 0 Å². The zero-order valence-corrected chi connectivity index (χ0v) is 15.2. The molecular formula is C17H13N3OS3. The molecule has 4 aromatic rings. The second-order valence-electron chi connectivity index (χ2n) is 5.27. The lowest BCUT2D eigenvalue weighted by molar-refractivity contribution is -0.113. The third-order valence-corrected chi connectivity index (χ3v) is 6.50. The Labute approximate surface area is 151 Å². The van der Waals surface area contributed by atoms with Gasteiger partial charge in [-0.1, -0.05) is 41.3 Å². The minimum atomic E-state index is -0.0602. The van der Waals surface area contributed by atoms with Gasteiger partial charge < -0.3 is 5.32 Å². The molecule has 7 heteroatoms. The number of aryl methyl sites for hydroxylation is 1. The van der Waals surface area contributed by atoms with Gasteiger partial charge in [0, 0.05) is 0 Å². The molecule has 4 rings (SSSR count). The third-order valence-electron chi connectivity index (χ3n) is 3.39. The van der Waals surface area contributed by atoms with E-state index in [0.29, 0.717) is 10.9 Å². The molecule has 2 aromatic carbocycles. The molecular weight excluding hydrogens is 358 g/mol. The van der Waals surface area contributed by atoms with Crippen molar-refractivity contribution in [2.45, 2.75) is 11.3 Å². The van der Waals surface area contributed by atoms with Crippen LogP contribution >= 0.6 is 34.4 Å². The average Bonchev–Trinajstić information content (AvgIpc) is 3.15. The highest BCUT2D eigenvalue weighted by atomic mass is 32.2. The van der Waals surface area contributed by atoms with E-state index in [9.17, 15) is 4.79 Å². The first-order valence-electron chi connectivity index (χ1n) is 7.33. The van der Waals surface area contributed by atoms with Crippen molar-refractivity contribution in [3.8, 4) is 0 Å². The summed E-state index contributed by atoms with van der Waals surface area (Å²) in [7, 11) is 0. The Morgan fingerprint density at radius 1 is 1.08 bits per heavy atom. The Bertz CT molecular complexity index is 1000. The smallest absolute Gasteiger partial charge is 0.236 e. The monoisotopic (exact) mass is 371 g/mol. The summed E-state index contributed by atoms with van der Waals surface area (Å²) in [5, 5.41) is 3.52. The second kappa shape index (κ2) is 6.51. The Hall–Kier alpha value is -1.96. The molecule has 0 atom stereocenters. The van der Waals surface area contributed by atoms with Crippen LogP contribution < -0.4 is 5.32 Å². The molecule has 120 valence electrons. The van der Waals surface area contributed by atoms with E-state index in [2.05, 4.69) is 21.4 Å². The topological polar surface area (TPSA) is 54.9 Å². The van der Waals surface area contributed by atoms with Crippen molar-refractivity contribution in [3.63, 3.8) is 0 Å². The molecule has 0 aliphatic rings. The summed E-state index contributed by atoms with van der Waals surface area (Å²) in [4.78, 5) is 21.1. The van der Waals surface area contributed by atoms with Crippen LogP contribution in [-0.2, 0) is 4.79 Å². The van der Waals surface area contributed by atoms with Crippen LogP contribution in [0, 0.1) is 6.92 Å². The van der Waals surface area contributed by atoms with E-state index in [0.717, 1.165) is 24.8 Å². The van der Waals surface area contributed by atoms with Crippen LogP contribution in [0.2, 0.25) is 0 Å².